The number of nitrogen functional groups attached to an aromatic ring is 1. The van der Waals surface area contributed by atoms with Gasteiger partial charge in [-0.05, 0) is 44.7 Å². The Morgan fingerprint density at radius 1 is 1.17 bits per heavy atom. The lowest BCUT2D eigenvalue weighted by Gasteiger charge is -2.40. The van der Waals surface area contributed by atoms with Crippen molar-refractivity contribution in [1.82, 2.24) is 4.90 Å². The molecular formula is C18H28FN3O. The van der Waals surface area contributed by atoms with Gasteiger partial charge in [0.25, 0.3) is 0 Å². The van der Waals surface area contributed by atoms with Gasteiger partial charge in [0.1, 0.15) is 5.82 Å². The third kappa shape index (κ3) is 3.96. The van der Waals surface area contributed by atoms with Crippen LogP contribution in [0.2, 0.25) is 0 Å². The van der Waals surface area contributed by atoms with Crippen LogP contribution in [0.25, 0.3) is 0 Å². The van der Waals surface area contributed by atoms with E-state index in [9.17, 15) is 4.39 Å². The predicted octanol–water partition coefficient (Wildman–Crippen LogP) is 2.73. The molecule has 2 aliphatic heterocycles. The number of piperidine rings is 1. The van der Waals surface area contributed by atoms with Gasteiger partial charge in [-0.2, -0.15) is 0 Å². The number of hydrogen-bond acceptors (Lipinski definition) is 4. The summed E-state index contributed by atoms with van der Waals surface area (Å²) in [5, 5.41) is 0. The van der Waals surface area contributed by atoms with Crippen LogP contribution < -0.4 is 10.6 Å². The van der Waals surface area contributed by atoms with E-state index in [4.69, 9.17) is 10.5 Å². The molecule has 1 aromatic carbocycles. The summed E-state index contributed by atoms with van der Waals surface area (Å²) in [5.41, 5.74) is 7.09. The lowest BCUT2D eigenvalue weighted by atomic mass is 9.95. The van der Waals surface area contributed by atoms with E-state index >= 15 is 0 Å². The topological polar surface area (TPSA) is 41.7 Å². The van der Waals surface area contributed by atoms with E-state index in [0.717, 1.165) is 45.6 Å². The zero-order chi connectivity index (χ0) is 16.4. The largest absolute Gasteiger partial charge is 0.397 e. The van der Waals surface area contributed by atoms with Gasteiger partial charge in [0, 0.05) is 32.7 Å². The summed E-state index contributed by atoms with van der Waals surface area (Å²) in [6, 6.07) is 4.94. The van der Waals surface area contributed by atoms with Crippen molar-refractivity contribution in [2.24, 2.45) is 5.92 Å². The van der Waals surface area contributed by atoms with Crippen LogP contribution in [-0.2, 0) is 4.74 Å². The highest BCUT2D eigenvalue weighted by Gasteiger charge is 2.27. The normalized spacial score (nSPS) is 27.3. The van der Waals surface area contributed by atoms with Crippen LogP contribution in [0.1, 0.15) is 26.7 Å². The van der Waals surface area contributed by atoms with E-state index in [1.165, 1.54) is 6.07 Å². The number of anilines is 2. The van der Waals surface area contributed by atoms with Gasteiger partial charge in [0.2, 0.25) is 0 Å². The van der Waals surface area contributed by atoms with Gasteiger partial charge < -0.3 is 15.4 Å². The molecule has 2 fully saturated rings. The number of halogens is 1. The molecule has 0 spiro atoms. The van der Waals surface area contributed by atoms with Crippen molar-refractivity contribution < 1.29 is 9.13 Å². The summed E-state index contributed by atoms with van der Waals surface area (Å²) < 4.78 is 19.8. The Kier molecular flexibility index (Phi) is 5.07. The molecule has 0 aromatic heterocycles. The molecule has 2 saturated heterocycles. The van der Waals surface area contributed by atoms with Gasteiger partial charge >= 0.3 is 0 Å². The number of ether oxygens (including phenoxy) is 1. The minimum absolute atomic E-state index is 0.209. The maximum atomic E-state index is 14.0. The summed E-state index contributed by atoms with van der Waals surface area (Å²) in [6.07, 6.45) is 2.82. The quantitative estimate of drug-likeness (QED) is 0.869. The molecule has 1 aromatic rings. The van der Waals surface area contributed by atoms with Gasteiger partial charge in [-0.15, -0.1) is 0 Å². The van der Waals surface area contributed by atoms with Crippen molar-refractivity contribution in [3.05, 3.63) is 24.0 Å². The number of nitrogens with two attached hydrogens (primary N) is 1. The van der Waals surface area contributed by atoms with Crippen molar-refractivity contribution in [3.63, 3.8) is 0 Å². The molecule has 0 bridgehead atoms. The average Bonchev–Trinajstić information content (AvgIpc) is 2.48. The lowest BCUT2D eigenvalue weighted by molar-refractivity contribution is -0.0720. The summed E-state index contributed by atoms with van der Waals surface area (Å²) in [6.45, 7) is 9.21. The first kappa shape index (κ1) is 16.5. The minimum Gasteiger partial charge on any atom is -0.397 e. The first-order chi connectivity index (χ1) is 11.0. The second-order valence-corrected chi connectivity index (χ2v) is 7.08. The highest BCUT2D eigenvalue weighted by Crippen LogP contribution is 2.31. The van der Waals surface area contributed by atoms with Crippen molar-refractivity contribution in [1.29, 1.82) is 0 Å². The molecule has 0 saturated carbocycles. The van der Waals surface area contributed by atoms with Gasteiger partial charge in [-0.25, -0.2) is 4.39 Å². The molecule has 2 aliphatic rings. The highest BCUT2D eigenvalue weighted by atomic mass is 19.1. The SMILES string of the molecule is CC1CN(CC2CCN(c3c(N)cccc3F)CC2)CC(C)O1. The minimum atomic E-state index is -0.209. The molecule has 5 heteroatoms. The van der Waals surface area contributed by atoms with Crippen molar-refractivity contribution in [3.8, 4) is 0 Å². The lowest BCUT2D eigenvalue weighted by Crippen LogP contribution is -2.48. The van der Waals surface area contributed by atoms with Gasteiger partial charge in [-0.3, -0.25) is 4.90 Å². The number of benzene rings is 1. The second-order valence-electron chi connectivity index (χ2n) is 7.08. The maximum absolute atomic E-state index is 14.0. The zero-order valence-corrected chi connectivity index (χ0v) is 14.2. The summed E-state index contributed by atoms with van der Waals surface area (Å²) in [7, 11) is 0. The van der Waals surface area contributed by atoms with Crippen LogP contribution >= 0.6 is 0 Å². The zero-order valence-electron chi connectivity index (χ0n) is 14.2. The fourth-order valence-corrected chi connectivity index (χ4v) is 4.00. The van der Waals surface area contributed by atoms with Crippen molar-refractivity contribution in [2.45, 2.75) is 38.9 Å². The molecule has 0 radical (unpaired) electrons. The molecule has 2 atom stereocenters. The first-order valence-corrected chi connectivity index (χ1v) is 8.69. The molecule has 23 heavy (non-hydrogen) atoms. The van der Waals surface area contributed by atoms with Crippen LogP contribution in [-0.4, -0.2) is 49.8 Å². The Hall–Kier alpha value is -1.33. The standard InChI is InChI=1S/C18H28FN3O/c1-13-10-21(11-14(2)23-13)12-15-6-8-22(9-7-15)18-16(19)4-3-5-17(18)20/h3-5,13-15H,6-12,20H2,1-2H3. The first-order valence-electron chi connectivity index (χ1n) is 8.69. The Balaban J connectivity index is 1.54. The van der Waals surface area contributed by atoms with Crippen LogP contribution in [0, 0.1) is 11.7 Å². The van der Waals surface area contributed by atoms with Crippen molar-refractivity contribution >= 4 is 11.4 Å². The molecule has 4 nitrogen and oxygen atoms in total. The van der Waals surface area contributed by atoms with E-state index in [-0.39, 0.29) is 5.82 Å². The number of nitrogens with zero attached hydrogens (tertiary/aromatic N) is 2. The third-order valence-electron chi connectivity index (χ3n) is 4.96. The maximum Gasteiger partial charge on any atom is 0.148 e. The van der Waals surface area contributed by atoms with E-state index in [2.05, 4.69) is 23.6 Å². The van der Waals surface area contributed by atoms with E-state index in [0.29, 0.717) is 29.5 Å². The summed E-state index contributed by atoms with van der Waals surface area (Å²) >= 11 is 0. The predicted molar refractivity (Wildman–Crippen MR) is 92.2 cm³/mol. The van der Waals surface area contributed by atoms with Crippen LogP contribution in [0.5, 0.6) is 0 Å². The molecule has 2 unspecified atom stereocenters. The number of rotatable bonds is 3. The van der Waals surface area contributed by atoms with Crippen LogP contribution in [0.4, 0.5) is 15.8 Å². The number of hydrogen-bond donors (Lipinski definition) is 1. The molecule has 3 rings (SSSR count). The second kappa shape index (κ2) is 7.05. The van der Waals surface area contributed by atoms with Crippen LogP contribution in [0.15, 0.2) is 18.2 Å². The molecule has 128 valence electrons. The van der Waals surface area contributed by atoms with Gasteiger partial charge in [0.15, 0.2) is 0 Å². The molecule has 2 N–H and O–H groups in total. The fourth-order valence-electron chi connectivity index (χ4n) is 4.00. The highest BCUT2D eigenvalue weighted by molar-refractivity contribution is 5.68. The monoisotopic (exact) mass is 321 g/mol. The molecule has 0 aliphatic carbocycles. The Morgan fingerprint density at radius 2 is 1.83 bits per heavy atom. The summed E-state index contributed by atoms with van der Waals surface area (Å²) in [5.74, 6) is 0.469. The van der Waals surface area contributed by atoms with Crippen molar-refractivity contribution in [2.75, 3.05) is 43.4 Å². The third-order valence-corrected chi connectivity index (χ3v) is 4.96. The molecule has 0 amide bonds. The molecular weight excluding hydrogens is 293 g/mol. The van der Waals surface area contributed by atoms with E-state index < -0.39 is 0 Å². The van der Waals surface area contributed by atoms with E-state index in [1.807, 2.05) is 0 Å². The van der Waals surface area contributed by atoms with Crippen LogP contribution in [0.3, 0.4) is 0 Å². The smallest absolute Gasteiger partial charge is 0.148 e. The van der Waals surface area contributed by atoms with Gasteiger partial charge in [0.05, 0.1) is 23.6 Å². The van der Waals surface area contributed by atoms with Gasteiger partial charge in [-0.1, -0.05) is 6.07 Å². The number of para-hydroxylation sites is 1. The number of morpholine rings is 1. The Labute approximate surface area is 138 Å². The average molecular weight is 321 g/mol. The molecule has 2 heterocycles. The Morgan fingerprint density at radius 3 is 2.43 bits per heavy atom. The summed E-state index contributed by atoms with van der Waals surface area (Å²) in [4.78, 5) is 4.63. The van der Waals surface area contributed by atoms with E-state index in [1.54, 1.807) is 12.1 Å². The Bertz CT molecular complexity index is 501. The fraction of sp³-hybridized carbons (Fsp3) is 0.667.